The van der Waals surface area contributed by atoms with E-state index in [0.29, 0.717) is 0 Å². The van der Waals surface area contributed by atoms with E-state index < -0.39 is 11.7 Å². The van der Waals surface area contributed by atoms with Crippen molar-refractivity contribution in [2.75, 3.05) is 0 Å². The Morgan fingerprint density at radius 3 is 2.00 bits per heavy atom. The lowest BCUT2D eigenvalue weighted by Crippen LogP contribution is -2.03. The summed E-state index contributed by atoms with van der Waals surface area (Å²) in [5.74, 6) is -1.87. The highest BCUT2D eigenvalue weighted by molar-refractivity contribution is 6.35. The van der Waals surface area contributed by atoms with Crippen molar-refractivity contribution < 1.29 is 9.59 Å². The van der Waals surface area contributed by atoms with Gasteiger partial charge in [0.25, 0.3) is 5.91 Å². The lowest BCUT2D eigenvalue weighted by Gasteiger charge is -1.83. The summed E-state index contributed by atoms with van der Waals surface area (Å²) in [7, 11) is 0. The van der Waals surface area contributed by atoms with Crippen LogP contribution >= 0.6 is 0 Å². The highest BCUT2D eigenvalue weighted by Gasteiger charge is 1.97. The molecule has 0 aromatic rings. The summed E-state index contributed by atoms with van der Waals surface area (Å²) in [6.07, 6.45) is 0. The summed E-state index contributed by atoms with van der Waals surface area (Å²) in [5.41, 5.74) is 7.56. The fourth-order valence-electron chi connectivity index (χ4n) is 0.0704. The van der Waals surface area contributed by atoms with Crippen molar-refractivity contribution in [1.29, 1.82) is 0 Å². The van der Waals surface area contributed by atoms with Crippen molar-refractivity contribution in [2.24, 2.45) is 5.11 Å². The van der Waals surface area contributed by atoms with E-state index in [4.69, 9.17) is 5.53 Å². The molecule has 0 aromatic heterocycles. The third kappa shape index (κ3) is 1.75. The summed E-state index contributed by atoms with van der Waals surface area (Å²) in [4.78, 5) is 19.5. The summed E-state index contributed by atoms with van der Waals surface area (Å²) in [6, 6.07) is 0. The van der Waals surface area contributed by atoms with Gasteiger partial charge in [-0.25, -0.2) is 0 Å². The van der Waals surface area contributed by atoms with E-state index in [1.54, 1.807) is 0 Å². The van der Waals surface area contributed by atoms with Gasteiger partial charge in [-0.05, 0) is 0 Å². The Hall–Kier alpha value is -1.06. The topological polar surface area (TPSA) is 68.8 Å². The largest absolute Gasteiger partial charge is 0.704 e. The Bertz CT molecular complexity index is 118. The summed E-state index contributed by atoms with van der Waals surface area (Å²) in [5, 5.41) is 2.10. The molecule has 1 amide bonds. The van der Waals surface area contributed by atoms with Crippen LogP contribution in [-0.2, 0) is 9.59 Å². The van der Waals surface area contributed by atoms with Gasteiger partial charge in [0.1, 0.15) is 0 Å². The zero-order valence-electron chi connectivity index (χ0n) is 3.71. The first-order valence-corrected chi connectivity index (χ1v) is 1.58. The second-order valence-electron chi connectivity index (χ2n) is 0.961. The number of nitrogens with zero attached hydrogens (tertiary/aromatic N) is 2. The van der Waals surface area contributed by atoms with Crippen molar-refractivity contribution in [3.8, 4) is 0 Å². The van der Waals surface area contributed by atoms with Crippen molar-refractivity contribution in [3.05, 3.63) is 5.53 Å². The maximum absolute atomic E-state index is 9.77. The quantitative estimate of drug-likeness (QED) is 0.346. The number of carbonyl (C=O) groups is 2. The minimum Gasteiger partial charge on any atom is -0.704 e. The molecule has 0 aliphatic heterocycles. The second kappa shape index (κ2) is 2.17. The van der Waals surface area contributed by atoms with E-state index in [9.17, 15) is 9.59 Å². The van der Waals surface area contributed by atoms with Crippen LogP contribution < -0.4 is 0 Å². The lowest BCUT2D eigenvalue weighted by molar-refractivity contribution is -0.134. The Morgan fingerprint density at radius 1 is 1.57 bits per heavy atom. The molecule has 7 heavy (non-hydrogen) atoms. The first-order valence-electron chi connectivity index (χ1n) is 1.58. The van der Waals surface area contributed by atoms with Gasteiger partial charge in [0.05, 0.1) is 0 Å². The van der Waals surface area contributed by atoms with E-state index >= 15 is 0 Å². The third-order valence-electron chi connectivity index (χ3n) is 0.392. The lowest BCUT2D eigenvalue weighted by atomic mass is 10.4. The van der Waals surface area contributed by atoms with Crippen molar-refractivity contribution in [1.82, 2.24) is 0 Å². The third-order valence-corrected chi connectivity index (χ3v) is 0.392. The number of hydrogen-bond donors (Lipinski definition) is 0. The average molecular weight is 99.1 g/mol. The Labute approximate surface area is 40.0 Å². The van der Waals surface area contributed by atoms with Crippen LogP contribution in [0.1, 0.15) is 6.92 Å². The Balaban J connectivity index is 3.81. The van der Waals surface area contributed by atoms with Gasteiger partial charge in [-0.1, -0.05) is 0 Å². The monoisotopic (exact) mass is 99.0 g/mol. The van der Waals surface area contributed by atoms with Gasteiger partial charge in [-0.3, -0.25) is 9.59 Å². The van der Waals surface area contributed by atoms with Gasteiger partial charge in [-0.15, -0.1) is 0 Å². The summed E-state index contributed by atoms with van der Waals surface area (Å²) >= 11 is 0. The molecule has 38 valence electrons. The van der Waals surface area contributed by atoms with Crippen LogP contribution in [0.25, 0.3) is 5.53 Å². The molecule has 0 spiro atoms. The van der Waals surface area contributed by atoms with E-state index in [0.717, 1.165) is 6.92 Å². The van der Waals surface area contributed by atoms with E-state index in [-0.39, 0.29) is 0 Å². The minimum atomic E-state index is -1.11. The molecule has 0 heterocycles. The molecule has 4 nitrogen and oxygen atoms in total. The molecule has 4 heteroatoms. The van der Waals surface area contributed by atoms with Crippen molar-refractivity contribution >= 4 is 11.7 Å². The normalized spacial score (nSPS) is 7.57. The first-order chi connectivity index (χ1) is 3.18. The number of rotatable bonds is 1. The zero-order chi connectivity index (χ0) is 5.86. The summed E-state index contributed by atoms with van der Waals surface area (Å²) in [6.45, 7) is 1.03. The molecule has 0 saturated heterocycles. The fraction of sp³-hybridized carbons (Fsp3) is 0.333. The van der Waals surface area contributed by atoms with Gasteiger partial charge in [-0.2, -0.15) is 0 Å². The average Bonchev–Trinajstić information content (AvgIpc) is 1.65. The minimum absolute atomic E-state index is 0.762. The molecular weight excluding hydrogens is 96.0 g/mol. The summed E-state index contributed by atoms with van der Waals surface area (Å²) < 4.78 is 0. The standard InChI is InChI=1S/C3H3N2O2/c1-2(6)3(7)5-4/h1H3/q-1. The maximum Gasteiger partial charge on any atom is 0.292 e. The number of Topliss-reactive ketones (excluding diaryl/α,β-unsaturated/α-hetero) is 1. The SMILES string of the molecule is CC(=O)C(=O)N=[N-]. The highest BCUT2D eigenvalue weighted by Crippen LogP contribution is 1.73. The van der Waals surface area contributed by atoms with Crippen molar-refractivity contribution in [3.63, 3.8) is 0 Å². The van der Waals surface area contributed by atoms with Crippen LogP contribution in [0, 0.1) is 0 Å². The molecule has 0 rings (SSSR count). The molecule has 0 saturated carbocycles. The van der Waals surface area contributed by atoms with Crippen LogP contribution in [0.15, 0.2) is 5.11 Å². The van der Waals surface area contributed by atoms with Crippen molar-refractivity contribution in [2.45, 2.75) is 6.92 Å². The number of hydrogen-bond acceptors (Lipinski definition) is 2. The highest BCUT2D eigenvalue weighted by atomic mass is 16.2. The number of ketones is 1. The zero-order valence-corrected chi connectivity index (χ0v) is 3.71. The molecule has 0 N–H and O–H groups in total. The molecular formula is C3H3N2O2-. The van der Waals surface area contributed by atoms with E-state index in [1.165, 1.54) is 0 Å². The second-order valence-corrected chi connectivity index (χ2v) is 0.961. The van der Waals surface area contributed by atoms with Gasteiger partial charge in [0.15, 0.2) is 0 Å². The van der Waals surface area contributed by atoms with E-state index in [1.807, 2.05) is 0 Å². The van der Waals surface area contributed by atoms with Gasteiger partial charge in [0, 0.05) is 6.92 Å². The predicted octanol–water partition coefficient (Wildman–Crippen LogP) is 0.124. The maximum atomic E-state index is 9.77. The molecule has 0 unspecified atom stereocenters. The molecule has 0 aliphatic rings. The molecule has 0 fully saturated rings. The van der Waals surface area contributed by atoms with Crippen LogP contribution in [0.3, 0.4) is 0 Å². The first kappa shape index (κ1) is 5.94. The molecule has 0 aromatic carbocycles. The fourth-order valence-corrected chi connectivity index (χ4v) is 0.0704. The molecule has 0 radical (unpaired) electrons. The van der Waals surface area contributed by atoms with Gasteiger partial charge in [0.2, 0.25) is 5.78 Å². The molecule has 0 atom stereocenters. The molecule has 0 aliphatic carbocycles. The Morgan fingerprint density at radius 2 is 2.00 bits per heavy atom. The van der Waals surface area contributed by atoms with Crippen LogP contribution in [0.5, 0.6) is 0 Å². The van der Waals surface area contributed by atoms with Crippen LogP contribution in [-0.4, -0.2) is 11.7 Å². The Kier molecular flexibility index (Phi) is 1.84. The van der Waals surface area contributed by atoms with Gasteiger partial charge < -0.3 is 10.6 Å². The van der Waals surface area contributed by atoms with E-state index in [2.05, 4.69) is 5.11 Å². The number of amides is 1. The predicted molar refractivity (Wildman–Crippen MR) is 21.5 cm³/mol. The van der Waals surface area contributed by atoms with Gasteiger partial charge >= 0.3 is 0 Å². The molecule has 0 bridgehead atoms. The van der Waals surface area contributed by atoms with Crippen LogP contribution in [0.2, 0.25) is 0 Å². The smallest absolute Gasteiger partial charge is 0.292 e. The number of carbonyl (C=O) groups excluding carboxylic acids is 2. The van der Waals surface area contributed by atoms with Crippen LogP contribution in [0.4, 0.5) is 0 Å².